The first-order valence-electron chi connectivity index (χ1n) is 14.8. The van der Waals surface area contributed by atoms with Gasteiger partial charge in [-0.15, -0.1) is 5.10 Å². The van der Waals surface area contributed by atoms with Crippen LogP contribution in [0, 0.1) is 5.41 Å². The van der Waals surface area contributed by atoms with Gasteiger partial charge < -0.3 is 35.9 Å². The number of primary amides is 1. The second-order valence-corrected chi connectivity index (χ2v) is 10.8. The summed E-state index contributed by atoms with van der Waals surface area (Å²) in [6.07, 6.45) is -6.31. The van der Waals surface area contributed by atoms with E-state index >= 15 is 0 Å². The number of benzene rings is 3. The molecule has 2 atom stereocenters. The van der Waals surface area contributed by atoms with Crippen molar-refractivity contribution in [1.29, 1.82) is 5.41 Å². The highest BCUT2D eigenvalue weighted by Gasteiger charge is 2.42. The van der Waals surface area contributed by atoms with Crippen LogP contribution >= 0.6 is 0 Å². The van der Waals surface area contributed by atoms with Gasteiger partial charge in [0.05, 0.1) is 12.2 Å². The van der Waals surface area contributed by atoms with E-state index in [4.69, 9.17) is 26.4 Å². The summed E-state index contributed by atoms with van der Waals surface area (Å²) in [4.78, 5) is 53.6. The number of para-hydroxylation sites is 1. The van der Waals surface area contributed by atoms with Crippen LogP contribution in [0.5, 0.6) is 17.2 Å². The number of hydrogen-bond donors (Lipinski definition) is 5. The number of nitrogen functional groups attached to an aromatic ring is 1. The van der Waals surface area contributed by atoms with Gasteiger partial charge >= 0.3 is 17.8 Å². The van der Waals surface area contributed by atoms with Gasteiger partial charge in [0.1, 0.15) is 17.6 Å². The topological polar surface area (TPSA) is 221 Å². The Hall–Kier alpha value is -6.33. The summed E-state index contributed by atoms with van der Waals surface area (Å²) < 4.78 is 56.4. The predicted molar refractivity (Wildman–Crippen MR) is 174 cm³/mol. The van der Waals surface area contributed by atoms with Crippen molar-refractivity contribution in [2.45, 2.75) is 32.2 Å². The molecule has 2 unspecified atom stereocenters. The minimum absolute atomic E-state index is 0.0875. The molecule has 18 heteroatoms. The molecule has 0 radical (unpaired) electrons. The van der Waals surface area contributed by atoms with E-state index in [1.165, 1.54) is 11.0 Å². The molecular weight excluding hydrogens is 665 g/mol. The summed E-state index contributed by atoms with van der Waals surface area (Å²) in [5.74, 6) is -4.91. The highest BCUT2D eigenvalue weighted by atomic mass is 19.4. The Balaban J connectivity index is 1.86. The van der Waals surface area contributed by atoms with E-state index in [2.05, 4.69) is 20.1 Å². The van der Waals surface area contributed by atoms with Crippen molar-refractivity contribution in [2.24, 2.45) is 11.5 Å². The Labute approximate surface area is 282 Å². The van der Waals surface area contributed by atoms with Crippen LogP contribution in [0.3, 0.4) is 0 Å². The molecule has 0 aliphatic heterocycles. The second kappa shape index (κ2) is 14.8. The van der Waals surface area contributed by atoms with Crippen molar-refractivity contribution < 1.29 is 41.8 Å². The molecule has 7 N–H and O–H groups in total. The maximum absolute atomic E-state index is 13.3. The number of nitrogens with one attached hydrogen (secondary N) is 3. The molecule has 3 aromatic carbocycles. The average Bonchev–Trinajstić information content (AvgIpc) is 3.44. The molecule has 0 bridgehead atoms. The van der Waals surface area contributed by atoms with Gasteiger partial charge in [-0.1, -0.05) is 12.1 Å². The molecule has 0 aliphatic rings. The summed E-state index contributed by atoms with van der Waals surface area (Å²) >= 11 is 0. The van der Waals surface area contributed by atoms with Crippen molar-refractivity contribution >= 4 is 29.3 Å². The zero-order chi connectivity index (χ0) is 36.9. The number of carbonyl (C=O) groups is 3. The molecular formula is C32H33F3N8O7. The third kappa shape index (κ3) is 8.20. The van der Waals surface area contributed by atoms with E-state index in [9.17, 15) is 32.3 Å². The van der Waals surface area contributed by atoms with Gasteiger partial charge in [0.2, 0.25) is 0 Å². The van der Waals surface area contributed by atoms with Gasteiger partial charge in [-0.3, -0.25) is 20.0 Å². The van der Waals surface area contributed by atoms with Crippen molar-refractivity contribution in [2.75, 3.05) is 26.0 Å². The van der Waals surface area contributed by atoms with Gasteiger partial charge in [0, 0.05) is 25.3 Å². The van der Waals surface area contributed by atoms with Crippen LogP contribution in [0.2, 0.25) is 0 Å². The first-order chi connectivity index (χ1) is 23.5. The lowest BCUT2D eigenvalue weighted by molar-refractivity contribution is -0.189. The van der Waals surface area contributed by atoms with Crippen LogP contribution in [-0.4, -0.2) is 76.3 Å². The number of likely N-dealkylation sites (N-methyl/N-ethyl adjacent to an activating group) is 1. The van der Waals surface area contributed by atoms with Crippen LogP contribution in [-0.2, 0) is 9.59 Å². The lowest BCUT2D eigenvalue weighted by atomic mass is 10.0. The number of anilines is 1. The van der Waals surface area contributed by atoms with Crippen LogP contribution in [0.1, 0.15) is 47.2 Å². The second-order valence-electron chi connectivity index (χ2n) is 10.8. The summed E-state index contributed by atoms with van der Waals surface area (Å²) in [6, 6.07) is 13.4. The molecule has 0 spiro atoms. The molecule has 264 valence electrons. The Morgan fingerprint density at radius 2 is 1.74 bits per heavy atom. The van der Waals surface area contributed by atoms with E-state index in [1.807, 2.05) is 0 Å². The SMILES string of the molecule is CCOc1cc(C(Nc2ccc(C(=N)N)cc2)c2nn(-c3cccc(C(N)=O)c3OC(=O)C(F)(F)F)c(=O)[nH]2)ccc1OC(C)C(=O)N(C)C. The standard InChI is InChI=1S/C32H33F3N8O7/c1-5-48-23-15-18(11-14-22(23)49-16(2)29(45)42(3)4)24(39-19-12-9-17(10-13-19)26(36)37)28-40-31(47)43(41-28)21-8-6-7-20(27(38)44)25(21)50-30(46)32(33,34)35/h6-16,24,39H,5H2,1-4H3,(H3,36,37)(H2,38,44)(H,40,41,47). The largest absolute Gasteiger partial charge is 0.491 e. The Morgan fingerprint density at radius 3 is 2.32 bits per heavy atom. The molecule has 0 aliphatic carbocycles. The van der Waals surface area contributed by atoms with Crippen LogP contribution in [0.25, 0.3) is 5.69 Å². The molecule has 50 heavy (non-hydrogen) atoms. The van der Waals surface area contributed by atoms with E-state index < -0.39 is 52.9 Å². The zero-order valence-electron chi connectivity index (χ0n) is 27.1. The van der Waals surface area contributed by atoms with Gasteiger partial charge in [0.15, 0.2) is 29.2 Å². The van der Waals surface area contributed by atoms with Crippen molar-refractivity contribution in [3.63, 3.8) is 0 Å². The van der Waals surface area contributed by atoms with Gasteiger partial charge in [0.25, 0.3) is 11.8 Å². The summed E-state index contributed by atoms with van der Waals surface area (Å²) in [6.45, 7) is 3.52. The number of esters is 1. The minimum Gasteiger partial charge on any atom is -0.490 e. The normalized spacial score (nSPS) is 12.4. The van der Waals surface area contributed by atoms with E-state index in [-0.39, 0.29) is 35.7 Å². The Morgan fingerprint density at radius 1 is 1.06 bits per heavy atom. The maximum atomic E-state index is 13.3. The molecule has 4 aromatic rings. The molecule has 1 heterocycles. The van der Waals surface area contributed by atoms with Gasteiger partial charge in [-0.2, -0.15) is 17.9 Å². The van der Waals surface area contributed by atoms with Gasteiger partial charge in [-0.25, -0.2) is 9.59 Å². The molecule has 4 rings (SSSR count). The number of amides is 2. The lowest BCUT2D eigenvalue weighted by Gasteiger charge is -2.22. The number of nitrogens with zero attached hydrogens (tertiary/aromatic N) is 3. The summed E-state index contributed by atoms with van der Waals surface area (Å²) in [5.41, 5.74) is 10.2. The van der Waals surface area contributed by atoms with Crippen molar-refractivity contribution in [3.05, 3.63) is 93.7 Å². The number of aromatic nitrogens is 3. The van der Waals surface area contributed by atoms with Crippen molar-refractivity contribution in [3.8, 4) is 22.9 Å². The quantitative estimate of drug-likeness (QED) is 0.0595. The third-order valence-corrected chi connectivity index (χ3v) is 7.02. The molecule has 0 fully saturated rings. The fourth-order valence-corrected chi connectivity index (χ4v) is 4.67. The number of carbonyl (C=O) groups excluding carboxylic acids is 3. The number of aromatic amines is 1. The Kier molecular flexibility index (Phi) is 10.8. The minimum atomic E-state index is -5.44. The number of halogens is 3. The lowest BCUT2D eigenvalue weighted by Crippen LogP contribution is -2.35. The average molecular weight is 699 g/mol. The number of amidine groups is 1. The number of nitrogens with two attached hydrogens (primary N) is 2. The summed E-state index contributed by atoms with van der Waals surface area (Å²) in [7, 11) is 3.17. The third-order valence-electron chi connectivity index (χ3n) is 7.02. The molecule has 15 nitrogen and oxygen atoms in total. The fourth-order valence-electron chi connectivity index (χ4n) is 4.67. The Bertz CT molecular complexity index is 1970. The number of ether oxygens (including phenoxy) is 3. The molecule has 2 amide bonds. The zero-order valence-corrected chi connectivity index (χ0v) is 27.1. The molecule has 0 saturated carbocycles. The molecule has 0 saturated heterocycles. The van der Waals surface area contributed by atoms with E-state index in [0.717, 1.165) is 12.1 Å². The highest BCUT2D eigenvalue weighted by Crippen LogP contribution is 2.35. The van der Waals surface area contributed by atoms with Crippen LogP contribution < -0.4 is 36.7 Å². The van der Waals surface area contributed by atoms with Crippen LogP contribution in [0.4, 0.5) is 18.9 Å². The van der Waals surface area contributed by atoms with Crippen LogP contribution in [0.15, 0.2) is 65.5 Å². The van der Waals surface area contributed by atoms with E-state index in [0.29, 0.717) is 21.5 Å². The maximum Gasteiger partial charge on any atom is 0.491 e. The smallest absolute Gasteiger partial charge is 0.490 e. The summed E-state index contributed by atoms with van der Waals surface area (Å²) in [5, 5.41) is 15.2. The number of H-pyrrole nitrogens is 1. The monoisotopic (exact) mass is 698 g/mol. The van der Waals surface area contributed by atoms with E-state index in [1.54, 1.807) is 70.4 Å². The number of alkyl halides is 3. The number of rotatable bonds is 13. The predicted octanol–water partition coefficient (Wildman–Crippen LogP) is 2.87. The number of hydrogen-bond acceptors (Lipinski definition) is 10. The van der Waals surface area contributed by atoms with Crippen molar-refractivity contribution in [1.82, 2.24) is 19.7 Å². The fraction of sp³-hybridized carbons (Fsp3) is 0.250. The first kappa shape index (κ1) is 36.5. The highest BCUT2D eigenvalue weighted by molar-refractivity contribution is 5.98. The first-order valence-corrected chi connectivity index (χ1v) is 14.8. The molecule has 1 aromatic heterocycles. The van der Waals surface area contributed by atoms with Gasteiger partial charge in [-0.05, 0) is 67.9 Å².